The Morgan fingerprint density at radius 3 is 2.55 bits per heavy atom. The average Bonchev–Trinajstić information content (AvgIpc) is 3.60. The van der Waals surface area contributed by atoms with Gasteiger partial charge in [-0.2, -0.15) is 0 Å². The lowest BCUT2D eigenvalue weighted by molar-refractivity contribution is 0.186. The molecule has 166 valence electrons. The van der Waals surface area contributed by atoms with E-state index < -0.39 is 26.2 Å². The minimum absolute atomic E-state index is 0.0142. The van der Waals surface area contributed by atoms with Gasteiger partial charge in [-0.3, -0.25) is 0 Å². The quantitative estimate of drug-likeness (QED) is 0.613. The molecular weight excluding hydrogens is 462 g/mol. The molecule has 0 bridgehead atoms. The second-order valence-electron chi connectivity index (χ2n) is 8.73. The molecule has 2 aromatic rings. The summed E-state index contributed by atoms with van der Waals surface area (Å²) in [5.41, 5.74) is -0.0721. The van der Waals surface area contributed by atoms with Crippen molar-refractivity contribution in [1.29, 1.82) is 0 Å². The van der Waals surface area contributed by atoms with Crippen molar-refractivity contribution in [3.05, 3.63) is 64.7 Å². The Morgan fingerprint density at radius 1 is 1.10 bits per heavy atom. The van der Waals surface area contributed by atoms with Crippen LogP contribution in [0.1, 0.15) is 37.7 Å². The predicted molar refractivity (Wildman–Crippen MR) is 118 cm³/mol. The summed E-state index contributed by atoms with van der Waals surface area (Å²) < 4.78 is 61.5. The second-order valence-corrected chi connectivity index (χ2v) is 12.3. The van der Waals surface area contributed by atoms with Gasteiger partial charge < -0.3 is 0 Å². The summed E-state index contributed by atoms with van der Waals surface area (Å²) in [4.78, 5) is 0.0798. The summed E-state index contributed by atoms with van der Waals surface area (Å²) in [7, 11) is -4.02. The van der Waals surface area contributed by atoms with Gasteiger partial charge in [0, 0.05) is 41.3 Å². The smallest absolute Gasteiger partial charge is 0.188 e. The Bertz CT molecular complexity index is 1100. The molecule has 0 amide bonds. The van der Waals surface area contributed by atoms with Crippen LogP contribution in [0, 0.1) is 17.6 Å². The highest BCUT2D eigenvalue weighted by atomic mass is 35.5. The van der Waals surface area contributed by atoms with Gasteiger partial charge in [0.2, 0.25) is 0 Å². The summed E-state index contributed by atoms with van der Waals surface area (Å²) in [6, 6.07) is 9.71. The summed E-state index contributed by atoms with van der Waals surface area (Å²) in [6.07, 6.45) is 3.30. The minimum Gasteiger partial charge on any atom is -0.247 e. The van der Waals surface area contributed by atoms with Crippen LogP contribution in [0.4, 0.5) is 8.78 Å². The fraction of sp³-hybridized carbons (Fsp3) is 0.455. The molecule has 1 N–H and O–H groups in total. The normalized spacial score (nSPS) is 29.5. The van der Waals surface area contributed by atoms with Gasteiger partial charge >= 0.3 is 0 Å². The number of hydrogen-bond acceptors (Lipinski definition) is 5. The summed E-state index contributed by atoms with van der Waals surface area (Å²) in [5, 5.41) is 0.419. The SMILES string of the molecule is O=S(=O)(c1ccc(Cl)cc1)[C@]1(c2cc(F)ccc2F)CC[C@@H]2NSN(C3CC3)C[C@@H]2C1. The largest absolute Gasteiger partial charge is 0.247 e. The third-order valence-electron chi connectivity index (χ3n) is 6.77. The van der Waals surface area contributed by atoms with Gasteiger partial charge in [-0.1, -0.05) is 11.6 Å². The molecule has 1 saturated heterocycles. The number of nitrogens with one attached hydrogen (secondary N) is 1. The maximum absolute atomic E-state index is 15.1. The number of benzene rings is 2. The van der Waals surface area contributed by atoms with Crippen LogP contribution < -0.4 is 4.72 Å². The Labute approximate surface area is 190 Å². The Balaban J connectivity index is 1.61. The number of hydrogen-bond donors (Lipinski definition) is 1. The van der Waals surface area contributed by atoms with Gasteiger partial charge in [-0.15, -0.1) is 0 Å². The molecule has 1 aliphatic heterocycles. The lowest BCUT2D eigenvalue weighted by Crippen LogP contribution is -2.54. The monoisotopic (exact) mass is 484 g/mol. The van der Waals surface area contributed by atoms with Crippen LogP contribution in [0.3, 0.4) is 0 Å². The van der Waals surface area contributed by atoms with Crippen LogP contribution in [0.25, 0.3) is 0 Å². The predicted octanol–water partition coefficient (Wildman–Crippen LogP) is 5.09. The summed E-state index contributed by atoms with van der Waals surface area (Å²) >= 11 is 7.58. The van der Waals surface area contributed by atoms with Crippen LogP contribution >= 0.6 is 23.7 Å². The van der Waals surface area contributed by atoms with E-state index >= 15 is 4.39 Å². The van der Waals surface area contributed by atoms with Crippen LogP contribution in [0.5, 0.6) is 0 Å². The first-order valence-corrected chi connectivity index (χ1v) is 13.1. The van der Waals surface area contributed by atoms with Crippen molar-refractivity contribution in [3.63, 3.8) is 0 Å². The molecule has 2 saturated carbocycles. The molecule has 5 rings (SSSR count). The zero-order valence-corrected chi connectivity index (χ0v) is 19.1. The Hall–Kier alpha value is -1.19. The van der Waals surface area contributed by atoms with Crippen LogP contribution in [0.15, 0.2) is 47.4 Å². The minimum atomic E-state index is -4.02. The molecule has 3 fully saturated rings. The molecule has 1 heterocycles. The van der Waals surface area contributed by atoms with Crippen molar-refractivity contribution in [1.82, 2.24) is 9.03 Å². The first kappa shape index (κ1) is 21.6. The molecule has 3 aliphatic rings. The van der Waals surface area contributed by atoms with E-state index in [0.29, 0.717) is 17.5 Å². The standard InChI is InChI=1S/C22H23ClF2N2O2S2/c23-15-1-6-18(7-2-15)31(28,29)22(19-11-16(24)3-8-20(19)25)10-9-21-14(12-22)13-27(30-26-21)17-4-5-17/h1-3,6-8,11,14,17,21,26H,4-5,9-10,12-13H2/t14-,21-,22+/m0/s1. The number of nitrogens with zero attached hydrogens (tertiary/aromatic N) is 1. The molecule has 0 radical (unpaired) electrons. The maximum Gasteiger partial charge on any atom is 0.188 e. The highest BCUT2D eigenvalue weighted by Crippen LogP contribution is 2.52. The van der Waals surface area contributed by atoms with E-state index in [1.165, 1.54) is 24.3 Å². The van der Waals surface area contributed by atoms with E-state index in [0.717, 1.165) is 37.6 Å². The van der Waals surface area contributed by atoms with E-state index in [9.17, 15) is 12.8 Å². The molecular formula is C22H23ClF2N2O2S2. The number of halogens is 3. The topological polar surface area (TPSA) is 49.4 Å². The van der Waals surface area contributed by atoms with Gasteiger partial charge in [0.1, 0.15) is 16.4 Å². The highest BCUT2D eigenvalue weighted by Gasteiger charge is 2.54. The fourth-order valence-corrected chi connectivity index (χ4v) is 8.49. The summed E-state index contributed by atoms with van der Waals surface area (Å²) in [6.45, 7) is 0.738. The van der Waals surface area contributed by atoms with Crippen LogP contribution in [-0.2, 0) is 14.6 Å². The maximum atomic E-state index is 15.1. The molecule has 2 aromatic carbocycles. The Morgan fingerprint density at radius 2 is 1.84 bits per heavy atom. The van der Waals surface area contributed by atoms with E-state index in [1.54, 1.807) is 12.1 Å². The highest BCUT2D eigenvalue weighted by molar-refractivity contribution is 7.95. The zero-order chi connectivity index (χ0) is 21.8. The average molecular weight is 485 g/mol. The van der Waals surface area contributed by atoms with Gasteiger partial charge in [-0.25, -0.2) is 26.2 Å². The number of sulfone groups is 1. The van der Waals surface area contributed by atoms with Crippen molar-refractivity contribution in [2.75, 3.05) is 6.54 Å². The molecule has 31 heavy (non-hydrogen) atoms. The van der Waals surface area contributed by atoms with E-state index in [-0.39, 0.29) is 35.3 Å². The zero-order valence-electron chi connectivity index (χ0n) is 16.7. The first-order valence-electron chi connectivity index (χ1n) is 10.4. The van der Waals surface area contributed by atoms with Crippen molar-refractivity contribution in [2.24, 2.45) is 5.92 Å². The summed E-state index contributed by atoms with van der Waals surface area (Å²) in [5.74, 6) is -1.31. The number of fused-ring (bicyclic) bond motifs is 1. The van der Waals surface area contributed by atoms with Crippen molar-refractivity contribution >= 4 is 33.6 Å². The number of rotatable bonds is 4. The lowest BCUT2D eigenvalue weighted by atomic mass is 9.74. The third-order valence-corrected chi connectivity index (χ3v) is 10.6. The molecule has 3 atom stereocenters. The van der Waals surface area contributed by atoms with Crippen LogP contribution in [0.2, 0.25) is 5.02 Å². The second kappa shape index (κ2) is 7.99. The van der Waals surface area contributed by atoms with E-state index in [2.05, 4.69) is 9.03 Å². The molecule has 9 heteroatoms. The van der Waals surface area contributed by atoms with Crippen molar-refractivity contribution in [2.45, 2.75) is 53.8 Å². The molecule has 4 nitrogen and oxygen atoms in total. The van der Waals surface area contributed by atoms with Crippen LogP contribution in [-0.4, -0.2) is 31.4 Å². The van der Waals surface area contributed by atoms with E-state index in [4.69, 9.17) is 11.6 Å². The fourth-order valence-electron chi connectivity index (χ4n) is 4.95. The van der Waals surface area contributed by atoms with E-state index in [1.807, 2.05) is 0 Å². The molecule has 0 aromatic heterocycles. The van der Waals surface area contributed by atoms with Gasteiger partial charge in [0.15, 0.2) is 9.84 Å². The molecule has 0 spiro atoms. The first-order chi connectivity index (χ1) is 14.8. The third kappa shape index (κ3) is 3.80. The van der Waals surface area contributed by atoms with Crippen molar-refractivity contribution < 1.29 is 17.2 Å². The molecule has 0 unspecified atom stereocenters. The van der Waals surface area contributed by atoms with Gasteiger partial charge in [0.05, 0.1) is 4.90 Å². The van der Waals surface area contributed by atoms with Gasteiger partial charge in [-0.05, 0) is 80.5 Å². The van der Waals surface area contributed by atoms with Crippen molar-refractivity contribution in [3.8, 4) is 0 Å². The van der Waals surface area contributed by atoms with Gasteiger partial charge in [0.25, 0.3) is 0 Å². The molecule has 2 aliphatic carbocycles. The Kier molecular flexibility index (Phi) is 5.58. The lowest BCUT2D eigenvalue weighted by Gasteiger charge is -2.48.